The molecule has 4 saturated heterocycles. The van der Waals surface area contributed by atoms with E-state index in [4.69, 9.17) is 9.47 Å². The van der Waals surface area contributed by atoms with Crippen molar-refractivity contribution in [2.75, 3.05) is 112 Å². The average Bonchev–Trinajstić information content (AvgIpc) is 3.71. The summed E-state index contributed by atoms with van der Waals surface area (Å²) < 4.78 is 14.6. The van der Waals surface area contributed by atoms with Gasteiger partial charge in [-0.1, -0.05) is 36.4 Å². The zero-order valence-electron chi connectivity index (χ0n) is 48.4. The molecular formula is C62H71BN10NaO9. The molecule has 0 saturated carbocycles. The number of nitrogens with one attached hydrogen (secondary N) is 1. The largest absolute Gasteiger partial charge is 1.00 e. The van der Waals surface area contributed by atoms with Gasteiger partial charge in [0.2, 0.25) is 5.97 Å². The molecule has 427 valence electrons. The van der Waals surface area contributed by atoms with Crippen LogP contribution >= 0.6 is 0 Å². The summed E-state index contributed by atoms with van der Waals surface area (Å²) in [5.74, 6) is 0.399. The van der Waals surface area contributed by atoms with Crippen molar-refractivity contribution in [3.63, 3.8) is 0 Å². The van der Waals surface area contributed by atoms with E-state index < -0.39 is 17.9 Å². The SMILES string of the molecule is CC(=O)OOC(C)=O.COc1ccc(N2CCN(C3CCN(c4cccc5cccnc45)CC3)CC2)c2ncccc12.COc1ccc(N2CCNCC2)c2ncccc12.O=C1CCN(c2cccc3cccnc23)CC1.[B-]OC(C)=O.[Na+]. The third-order valence-electron chi connectivity index (χ3n) is 14.6. The number of aromatic nitrogens is 4. The minimum Gasteiger partial charge on any atom is -0.793 e. The Labute approximate surface area is 508 Å². The normalized spacial score (nSPS) is 15.4. The molecule has 0 unspecified atom stereocenters. The fourth-order valence-corrected chi connectivity index (χ4v) is 10.6. The maximum Gasteiger partial charge on any atom is 1.00 e. The molecule has 19 nitrogen and oxygen atoms in total. The van der Waals surface area contributed by atoms with E-state index in [0.29, 0.717) is 24.7 Å². The second-order valence-electron chi connectivity index (χ2n) is 19.8. The number of rotatable bonds is 7. The predicted molar refractivity (Wildman–Crippen MR) is 322 cm³/mol. The summed E-state index contributed by atoms with van der Waals surface area (Å²) in [6.45, 7) is 15.7. The number of benzene rings is 4. The van der Waals surface area contributed by atoms with Crippen LogP contribution in [0.3, 0.4) is 0 Å². The van der Waals surface area contributed by atoms with Crippen LogP contribution in [0.5, 0.6) is 11.5 Å². The summed E-state index contributed by atoms with van der Waals surface area (Å²) in [5, 5.41) is 7.91. The van der Waals surface area contributed by atoms with Crippen molar-refractivity contribution in [3.05, 3.63) is 134 Å². The second kappa shape index (κ2) is 31.7. The third kappa shape index (κ3) is 17.0. The molecule has 0 amide bonds. The molecule has 4 aliphatic rings. The first-order valence-electron chi connectivity index (χ1n) is 27.7. The molecule has 0 bridgehead atoms. The van der Waals surface area contributed by atoms with Crippen molar-refractivity contribution in [1.29, 1.82) is 0 Å². The number of ether oxygens (including phenoxy) is 2. The Kier molecular flexibility index (Phi) is 24.1. The van der Waals surface area contributed by atoms with Crippen molar-refractivity contribution in [2.45, 2.75) is 52.5 Å². The summed E-state index contributed by atoms with van der Waals surface area (Å²) in [6, 6.07) is 38.1. The quantitative estimate of drug-likeness (QED) is 0.123. The van der Waals surface area contributed by atoms with E-state index in [9.17, 15) is 19.2 Å². The molecule has 0 aliphatic carbocycles. The monoisotopic (exact) mass is 1130 g/mol. The molecule has 0 atom stereocenters. The molecule has 0 spiro atoms. The number of carbonyl (C=O) groups is 4. The van der Waals surface area contributed by atoms with Gasteiger partial charge in [0, 0.05) is 165 Å². The van der Waals surface area contributed by atoms with Gasteiger partial charge in [-0.3, -0.25) is 34.4 Å². The fraction of sp³-hybridized carbons (Fsp3) is 0.355. The summed E-state index contributed by atoms with van der Waals surface area (Å²) in [7, 11) is 7.75. The van der Waals surface area contributed by atoms with E-state index >= 15 is 0 Å². The number of para-hydroxylation sites is 2. The van der Waals surface area contributed by atoms with Crippen LogP contribution in [0, 0.1) is 0 Å². The van der Waals surface area contributed by atoms with Crippen molar-refractivity contribution in [1.82, 2.24) is 30.2 Å². The van der Waals surface area contributed by atoms with Crippen molar-refractivity contribution in [3.8, 4) is 11.5 Å². The molecule has 83 heavy (non-hydrogen) atoms. The number of carbonyl (C=O) groups excluding carboxylic acids is 4. The van der Waals surface area contributed by atoms with Gasteiger partial charge in [-0.25, -0.2) is 19.4 Å². The molecule has 3 radical (unpaired) electrons. The standard InChI is InChI=1S/C28H31N5O.C14H17N3O.C14H14N2O.C4H6O4.C2H3BO2.Na/c1-34-26-10-9-25(28-23(26)7-4-14-30-28)33-19-17-31(18-20-33)22-11-15-32(16-12-22)24-8-2-5-21-6-3-13-29-27(21)24;1-18-13-5-4-12(17-9-7-15-8-10-17)14-11(13)3-2-6-16-14;17-12-6-9-16(10-7-12)13-5-1-3-11-4-2-8-15-14(11)13;1-3(5)7-8-4(2)6;1-2(4)5-3;/h2-10,13-14,22H,11-12,15-20H2,1H3;2-6,15H,7-10H2,1H3;1-5,8H,6-7,9-10H2;1-2H3;1H3;/q;;;;-1;+1. The van der Waals surface area contributed by atoms with E-state index in [1.165, 1.54) is 42.2 Å². The Morgan fingerprint density at radius 3 is 1.30 bits per heavy atom. The van der Waals surface area contributed by atoms with Gasteiger partial charge in [-0.15, -0.1) is 0 Å². The molecule has 4 aromatic heterocycles. The minimum absolute atomic E-state index is 0. The van der Waals surface area contributed by atoms with Crippen LogP contribution in [0.1, 0.15) is 46.5 Å². The Morgan fingerprint density at radius 1 is 0.482 bits per heavy atom. The molecule has 8 aromatic rings. The Balaban J connectivity index is 0.000000171. The van der Waals surface area contributed by atoms with Crippen LogP contribution in [-0.2, 0) is 33.6 Å². The van der Waals surface area contributed by atoms with Gasteiger partial charge in [-0.05, 0) is 85.6 Å². The summed E-state index contributed by atoms with van der Waals surface area (Å²) in [4.78, 5) is 78.7. The molecule has 8 heterocycles. The maximum atomic E-state index is 11.3. The zero-order valence-corrected chi connectivity index (χ0v) is 50.4. The number of piperidine rings is 2. The number of ketones is 1. The number of hydrogen-bond acceptors (Lipinski definition) is 19. The first-order valence-corrected chi connectivity index (χ1v) is 27.7. The fourth-order valence-electron chi connectivity index (χ4n) is 10.6. The molecule has 4 fully saturated rings. The molecule has 21 heteroatoms. The van der Waals surface area contributed by atoms with Gasteiger partial charge in [0.1, 0.15) is 17.3 Å². The van der Waals surface area contributed by atoms with E-state index in [0.717, 1.165) is 148 Å². The van der Waals surface area contributed by atoms with Crippen molar-refractivity contribution in [2.24, 2.45) is 0 Å². The number of nitrogens with zero attached hydrogens (tertiary/aromatic N) is 9. The Morgan fingerprint density at radius 2 is 0.867 bits per heavy atom. The number of pyridine rings is 4. The van der Waals surface area contributed by atoms with Crippen LogP contribution < -0.4 is 63.9 Å². The molecular weight excluding hydrogens is 1060 g/mol. The molecule has 4 aromatic carbocycles. The first-order chi connectivity index (χ1) is 40.0. The second-order valence-corrected chi connectivity index (χ2v) is 19.8. The molecule has 1 N–H and O–H groups in total. The summed E-state index contributed by atoms with van der Waals surface area (Å²) in [5.41, 5.74) is 9.06. The van der Waals surface area contributed by atoms with E-state index in [1.54, 1.807) is 14.2 Å². The van der Waals surface area contributed by atoms with Crippen molar-refractivity contribution < 1.29 is 72.6 Å². The maximum absolute atomic E-state index is 11.3. The van der Waals surface area contributed by atoms with Gasteiger partial charge in [0.15, 0.2) is 0 Å². The summed E-state index contributed by atoms with van der Waals surface area (Å²) in [6.07, 6.45) is 11.2. The van der Waals surface area contributed by atoms with Gasteiger partial charge in [-0.2, -0.15) is 0 Å². The Hall–Kier alpha value is -7.62. The minimum atomic E-state index is -0.639. The first kappa shape index (κ1) is 63.0. The number of piperazine rings is 2. The molecule has 4 aliphatic heterocycles. The van der Waals surface area contributed by atoms with Crippen LogP contribution in [0.25, 0.3) is 43.6 Å². The zero-order chi connectivity index (χ0) is 57.8. The number of hydrogen-bond donors (Lipinski definition) is 1. The van der Waals surface area contributed by atoms with Crippen LogP contribution in [-0.4, -0.2) is 155 Å². The van der Waals surface area contributed by atoms with Gasteiger partial charge in [0.25, 0.3) is 0 Å². The average molecular weight is 1130 g/mol. The van der Waals surface area contributed by atoms with E-state index in [1.807, 2.05) is 55.1 Å². The van der Waals surface area contributed by atoms with Gasteiger partial charge < -0.3 is 47.1 Å². The van der Waals surface area contributed by atoms with Gasteiger partial charge in [0.05, 0.1) is 59.0 Å². The number of Topliss-reactive ketones (excluding diaryl/α,β-unsaturated/α-hetero) is 1. The number of methoxy groups -OCH3 is 2. The summed E-state index contributed by atoms with van der Waals surface area (Å²) >= 11 is 0. The predicted octanol–water partition coefficient (Wildman–Crippen LogP) is 5.30. The van der Waals surface area contributed by atoms with E-state index in [-0.39, 0.29) is 29.6 Å². The Bertz CT molecular complexity index is 3400. The van der Waals surface area contributed by atoms with Crippen molar-refractivity contribution >= 4 is 98.1 Å². The molecule has 12 rings (SSSR count). The van der Waals surface area contributed by atoms with Crippen LogP contribution in [0.4, 0.5) is 22.7 Å². The number of fused-ring (bicyclic) bond motifs is 4. The third-order valence-corrected chi connectivity index (χ3v) is 14.6. The smallest absolute Gasteiger partial charge is 0.793 e. The van der Waals surface area contributed by atoms with Gasteiger partial charge >= 0.3 is 41.5 Å². The number of anilines is 4. The topological polar surface area (TPSA) is 194 Å². The van der Waals surface area contributed by atoms with Crippen LogP contribution in [0.2, 0.25) is 0 Å². The van der Waals surface area contributed by atoms with E-state index in [2.05, 4.69) is 151 Å². The van der Waals surface area contributed by atoms with Crippen LogP contribution in [0.15, 0.2) is 134 Å².